The van der Waals surface area contributed by atoms with Crippen molar-refractivity contribution in [2.24, 2.45) is 5.41 Å². The number of likely N-dealkylation sites (N-methyl/N-ethyl adjacent to an activating group) is 1. The van der Waals surface area contributed by atoms with Crippen molar-refractivity contribution in [2.45, 2.75) is 33.6 Å². The fraction of sp³-hybridized carbons (Fsp3) is 0.579. The highest BCUT2D eigenvalue weighted by Crippen LogP contribution is 2.31. The van der Waals surface area contributed by atoms with Crippen LogP contribution in [0.1, 0.15) is 32.8 Å². The molecule has 5 nitrogen and oxygen atoms in total. The molecule has 0 atom stereocenters. The van der Waals surface area contributed by atoms with Gasteiger partial charge < -0.3 is 14.7 Å². The number of hydrogen-bond donors (Lipinski definition) is 0. The van der Waals surface area contributed by atoms with Crippen molar-refractivity contribution >= 4 is 23.2 Å². The molecule has 2 aliphatic heterocycles. The van der Waals surface area contributed by atoms with Gasteiger partial charge >= 0.3 is 0 Å². The van der Waals surface area contributed by atoms with Gasteiger partial charge in [-0.1, -0.05) is 20.8 Å². The number of anilines is 2. The standard InChI is InChI=1S/C19H27N3O2/c1-19(2,3)13-18(24)22-9-7-21(8-10-22)15-5-6-16-14(11-15)12-17(23)20(16)4/h5-6,11H,7-10,12-13H2,1-4H3. The van der Waals surface area contributed by atoms with Crippen molar-refractivity contribution < 1.29 is 9.59 Å². The molecule has 0 N–H and O–H groups in total. The second-order valence-electron chi connectivity index (χ2n) is 8.05. The summed E-state index contributed by atoms with van der Waals surface area (Å²) < 4.78 is 0. The van der Waals surface area contributed by atoms with E-state index in [0.717, 1.165) is 43.1 Å². The van der Waals surface area contributed by atoms with E-state index >= 15 is 0 Å². The van der Waals surface area contributed by atoms with Gasteiger partial charge in [0.1, 0.15) is 0 Å². The van der Waals surface area contributed by atoms with Crippen LogP contribution in [0.2, 0.25) is 0 Å². The Labute approximate surface area is 144 Å². The molecule has 2 aliphatic rings. The molecule has 1 fully saturated rings. The predicted octanol–water partition coefficient (Wildman–Crippen LogP) is 2.29. The van der Waals surface area contributed by atoms with E-state index in [4.69, 9.17) is 0 Å². The van der Waals surface area contributed by atoms with Crippen LogP contribution in [0.25, 0.3) is 0 Å². The van der Waals surface area contributed by atoms with E-state index in [9.17, 15) is 9.59 Å². The number of nitrogens with zero attached hydrogens (tertiary/aromatic N) is 3. The first-order chi connectivity index (χ1) is 11.2. The van der Waals surface area contributed by atoms with Gasteiger partial charge in [-0.15, -0.1) is 0 Å². The average molecular weight is 329 g/mol. The predicted molar refractivity (Wildman–Crippen MR) is 96.4 cm³/mol. The Kier molecular flexibility index (Phi) is 4.28. The summed E-state index contributed by atoms with van der Waals surface area (Å²) in [5.41, 5.74) is 3.31. The molecule has 2 heterocycles. The Morgan fingerprint density at radius 1 is 1.12 bits per heavy atom. The van der Waals surface area contributed by atoms with Gasteiger partial charge in [0.05, 0.1) is 6.42 Å². The second-order valence-corrected chi connectivity index (χ2v) is 8.05. The van der Waals surface area contributed by atoms with Gasteiger partial charge in [-0.2, -0.15) is 0 Å². The summed E-state index contributed by atoms with van der Waals surface area (Å²) in [6.45, 7) is 9.53. The molecule has 0 bridgehead atoms. The van der Waals surface area contributed by atoms with Crippen molar-refractivity contribution in [3.05, 3.63) is 23.8 Å². The number of benzene rings is 1. The first kappa shape index (κ1) is 16.8. The molecule has 130 valence electrons. The fourth-order valence-corrected chi connectivity index (χ4v) is 3.43. The summed E-state index contributed by atoms with van der Waals surface area (Å²) in [5, 5.41) is 0. The number of carbonyl (C=O) groups is 2. The third kappa shape index (κ3) is 3.40. The minimum atomic E-state index is 0.0345. The zero-order chi connectivity index (χ0) is 17.5. The highest BCUT2D eigenvalue weighted by molar-refractivity contribution is 6.01. The fourth-order valence-electron chi connectivity index (χ4n) is 3.43. The number of amides is 2. The van der Waals surface area contributed by atoms with Crippen LogP contribution < -0.4 is 9.80 Å². The van der Waals surface area contributed by atoms with Gasteiger partial charge in [-0.05, 0) is 29.2 Å². The Hall–Kier alpha value is -2.04. The SMILES string of the molecule is CN1C(=O)Cc2cc(N3CCN(C(=O)CC(C)(C)C)CC3)ccc21. The van der Waals surface area contributed by atoms with Crippen molar-refractivity contribution in [2.75, 3.05) is 43.0 Å². The van der Waals surface area contributed by atoms with Crippen molar-refractivity contribution in [1.29, 1.82) is 0 Å². The van der Waals surface area contributed by atoms with Gasteiger partial charge in [-0.25, -0.2) is 0 Å². The summed E-state index contributed by atoms with van der Waals surface area (Å²) in [5.74, 6) is 0.406. The van der Waals surface area contributed by atoms with E-state index in [-0.39, 0.29) is 17.2 Å². The maximum absolute atomic E-state index is 12.3. The van der Waals surface area contributed by atoms with Crippen LogP contribution >= 0.6 is 0 Å². The van der Waals surface area contributed by atoms with Crippen LogP contribution in [0.5, 0.6) is 0 Å². The maximum Gasteiger partial charge on any atom is 0.231 e. The molecule has 0 aliphatic carbocycles. The van der Waals surface area contributed by atoms with Crippen LogP contribution in [-0.2, 0) is 16.0 Å². The maximum atomic E-state index is 12.3. The lowest BCUT2D eigenvalue weighted by Gasteiger charge is -2.37. The average Bonchev–Trinajstić information content (AvgIpc) is 2.80. The summed E-state index contributed by atoms with van der Waals surface area (Å²) in [6, 6.07) is 6.25. The van der Waals surface area contributed by atoms with Crippen molar-refractivity contribution in [3.8, 4) is 0 Å². The number of carbonyl (C=O) groups excluding carboxylic acids is 2. The van der Waals surface area contributed by atoms with Gasteiger partial charge in [-0.3, -0.25) is 9.59 Å². The van der Waals surface area contributed by atoms with E-state index in [1.807, 2.05) is 18.0 Å². The summed E-state index contributed by atoms with van der Waals surface area (Å²) in [6.07, 6.45) is 1.09. The van der Waals surface area contributed by atoms with Crippen molar-refractivity contribution in [1.82, 2.24) is 4.90 Å². The van der Waals surface area contributed by atoms with Crippen LogP contribution in [0, 0.1) is 5.41 Å². The first-order valence-corrected chi connectivity index (χ1v) is 8.67. The number of rotatable bonds is 2. The third-order valence-corrected chi connectivity index (χ3v) is 4.82. The Balaban J connectivity index is 1.63. The topological polar surface area (TPSA) is 43.9 Å². The molecule has 3 rings (SSSR count). The lowest BCUT2D eigenvalue weighted by Crippen LogP contribution is -2.49. The first-order valence-electron chi connectivity index (χ1n) is 8.67. The Morgan fingerprint density at radius 2 is 1.79 bits per heavy atom. The highest BCUT2D eigenvalue weighted by Gasteiger charge is 2.27. The molecule has 0 saturated carbocycles. The second kappa shape index (κ2) is 6.11. The van der Waals surface area contributed by atoms with Crippen LogP contribution in [0.4, 0.5) is 11.4 Å². The zero-order valence-corrected chi connectivity index (χ0v) is 15.1. The number of piperazine rings is 1. The minimum Gasteiger partial charge on any atom is -0.368 e. The zero-order valence-electron chi connectivity index (χ0n) is 15.1. The highest BCUT2D eigenvalue weighted by atomic mass is 16.2. The van der Waals surface area contributed by atoms with E-state index in [1.165, 1.54) is 0 Å². The molecule has 0 aromatic heterocycles. The van der Waals surface area contributed by atoms with E-state index in [0.29, 0.717) is 12.8 Å². The van der Waals surface area contributed by atoms with E-state index in [2.05, 4.69) is 37.8 Å². The molecule has 1 aromatic carbocycles. The molecule has 0 radical (unpaired) electrons. The normalized spacial score (nSPS) is 18.2. The number of fused-ring (bicyclic) bond motifs is 1. The van der Waals surface area contributed by atoms with E-state index in [1.54, 1.807) is 4.90 Å². The molecule has 2 amide bonds. The summed E-state index contributed by atoms with van der Waals surface area (Å²) >= 11 is 0. The molecule has 24 heavy (non-hydrogen) atoms. The molecule has 1 saturated heterocycles. The number of hydrogen-bond acceptors (Lipinski definition) is 3. The lowest BCUT2D eigenvalue weighted by atomic mass is 9.91. The molecule has 1 aromatic rings. The molecule has 5 heteroatoms. The van der Waals surface area contributed by atoms with Crippen LogP contribution in [-0.4, -0.2) is 49.9 Å². The van der Waals surface area contributed by atoms with Gasteiger partial charge in [0.25, 0.3) is 0 Å². The monoisotopic (exact) mass is 329 g/mol. The third-order valence-electron chi connectivity index (χ3n) is 4.82. The summed E-state index contributed by atoms with van der Waals surface area (Å²) in [4.78, 5) is 30.2. The lowest BCUT2D eigenvalue weighted by molar-refractivity contribution is -0.133. The Bertz CT molecular complexity index is 655. The quantitative estimate of drug-likeness (QED) is 0.836. The molecule has 0 unspecified atom stereocenters. The Morgan fingerprint density at radius 3 is 2.42 bits per heavy atom. The smallest absolute Gasteiger partial charge is 0.231 e. The molecule has 0 spiro atoms. The molecular formula is C19H27N3O2. The van der Waals surface area contributed by atoms with Crippen LogP contribution in [0.15, 0.2) is 18.2 Å². The van der Waals surface area contributed by atoms with Crippen LogP contribution in [0.3, 0.4) is 0 Å². The van der Waals surface area contributed by atoms with Crippen molar-refractivity contribution in [3.63, 3.8) is 0 Å². The summed E-state index contributed by atoms with van der Waals surface area (Å²) in [7, 11) is 1.83. The largest absolute Gasteiger partial charge is 0.368 e. The minimum absolute atomic E-state index is 0.0345. The van der Waals surface area contributed by atoms with Gasteiger partial charge in [0.15, 0.2) is 0 Å². The van der Waals surface area contributed by atoms with Gasteiger partial charge in [0.2, 0.25) is 11.8 Å². The van der Waals surface area contributed by atoms with Gasteiger partial charge in [0, 0.05) is 51.0 Å². The van der Waals surface area contributed by atoms with E-state index < -0.39 is 0 Å². The molecular weight excluding hydrogens is 302 g/mol.